The van der Waals surface area contributed by atoms with Crippen molar-refractivity contribution in [3.05, 3.63) is 70.6 Å². The van der Waals surface area contributed by atoms with E-state index in [1.807, 2.05) is 17.5 Å². The zero-order valence-corrected chi connectivity index (χ0v) is 15.7. The van der Waals surface area contributed by atoms with Crippen LogP contribution in [0.5, 0.6) is 5.75 Å². The SMILES string of the molecule is COc1ccc(F)cc1S(=O)(=O)N(CCc1cccs1)Cc1ccco1. The molecule has 0 aliphatic rings. The van der Waals surface area contributed by atoms with Gasteiger partial charge in [0.25, 0.3) is 0 Å². The highest BCUT2D eigenvalue weighted by atomic mass is 32.2. The van der Waals surface area contributed by atoms with Gasteiger partial charge in [-0.2, -0.15) is 4.31 Å². The van der Waals surface area contributed by atoms with E-state index in [-0.39, 0.29) is 23.7 Å². The van der Waals surface area contributed by atoms with Crippen molar-refractivity contribution in [3.8, 4) is 5.75 Å². The Morgan fingerprint density at radius 3 is 2.73 bits per heavy atom. The second-order valence-corrected chi connectivity index (χ2v) is 8.48. The van der Waals surface area contributed by atoms with Crippen molar-refractivity contribution in [2.24, 2.45) is 0 Å². The lowest BCUT2D eigenvalue weighted by molar-refractivity contribution is 0.360. The van der Waals surface area contributed by atoms with Crippen molar-refractivity contribution in [2.75, 3.05) is 13.7 Å². The zero-order chi connectivity index (χ0) is 18.6. The first-order chi connectivity index (χ1) is 12.5. The minimum Gasteiger partial charge on any atom is -0.495 e. The lowest BCUT2D eigenvalue weighted by Gasteiger charge is -2.22. The summed E-state index contributed by atoms with van der Waals surface area (Å²) in [6.07, 6.45) is 2.04. The Morgan fingerprint density at radius 2 is 2.08 bits per heavy atom. The number of sulfonamides is 1. The van der Waals surface area contributed by atoms with Crippen molar-refractivity contribution in [1.29, 1.82) is 0 Å². The summed E-state index contributed by atoms with van der Waals surface area (Å²) in [4.78, 5) is 0.869. The lowest BCUT2D eigenvalue weighted by atomic mass is 10.3. The summed E-state index contributed by atoms with van der Waals surface area (Å²) in [6.45, 7) is 0.295. The van der Waals surface area contributed by atoms with Crippen LogP contribution in [0.2, 0.25) is 0 Å². The first-order valence-electron chi connectivity index (χ1n) is 7.89. The Bertz CT molecular complexity index is 938. The predicted molar refractivity (Wildman–Crippen MR) is 97.3 cm³/mol. The van der Waals surface area contributed by atoms with Gasteiger partial charge in [-0.25, -0.2) is 12.8 Å². The molecule has 0 aliphatic heterocycles. The molecule has 0 radical (unpaired) electrons. The maximum absolute atomic E-state index is 13.7. The molecule has 0 bridgehead atoms. The van der Waals surface area contributed by atoms with E-state index in [2.05, 4.69) is 0 Å². The Hall–Kier alpha value is -2.16. The molecule has 0 saturated heterocycles. The number of hydrogen-bond acceptors (Lipinski definition) is 5. The van der Waals surface area contributed by atoms with Crippen LogP contribution in [-0.4, -0.2) is 26.4 Å². The van der Waals surface area contributed by atoms with Gasteiger partial charge in [0.05, 0.1) is 19.9 Å². The third-order valence-corrected chi connectivity index (χ3v) is 6.65. The molecule has 1 aromatic carbocycles. The molecule has 2 heterocycles. The van der Waals surface area contributed by atoms with Gasteiger partial charge in [-0.1, -0.05) is 6.07 Å². The number of furan rings is 1. The van der Waals surface area contributed by atoms with Crippen molar-refractivity contribution >= 4 is 21.4 Å². The van der Waals surface area contributed by atoms with Gasteiger partial charge >= 0.3 is 0 Å². The monoisotopic (exact) mass is 395 g/mol. The van der Waals surface area contributed by atoms with Crippen LogP contribution in [0.15, 0.2) is 63.4 Å². The van der Waals surface area contributed by atoms with E-state index in [1.54, 1.807) is 23.5 Å². The van der Waals surface area contributed by atoms with Gasteiger partial charge in [0.15, 0.2) is 0 Å². The van der Waals surface area contributed by atoms with Crippen molar-refractivity contribution in [2.45, 2.75) is 17.9 Å². The van der Waals surface area contributed by atoms with Crippen LogP contribution in [0.25, 0.3) is 0 Å². The molecule has 3 rings (SSSR count). The van der Waals surface area contributed by atoms with Gasteiger partial charge in [-0.05, 0) is 48.2 Å². The first kappa shape index (κ1) is 18.6. The Labute approximate surface area is 155 Å². The average molecular weight is 395 g/mol. The third kappa shape index (κ3) is 4.14. The van der Waals surface area contributed by atoms with Crippen LogP contribution in [0, 0.1) is 5.82 Å². The number of thiophene rings is 1. The van der Waals surface area contributed by atoms with E-state index in [1.165, 1.54) is 29.8 Å². The number of halogens is 1. The molecule has 8 heteroatoms. The van der Waals surface area contributed by atoms with Crippen LogP contribution in [0.4, 0.5) is 4.39 Å². The molecule has 5 nitrogen and oxygen atoms in total. The van der Waals surface area contributed by atoms with Crippen LogP contribution >= 0.6 is 11.3 Å². The highest BCUT2D eigenvalue weighted by Crippen LogP contribution is 2.29. The van der Waals surface area contributed by atoms with E-state index in [4.69, 9.17) is 9.15 Å². The molecular weight excluding hydrogens is 377 g/mol. The number of ether oxygens (including phenoxy) is 1. The minimum absolute atomic E-state index is 0.0559. The van der Waals surface area contributed by atoms with Gasteiger partial charge in [-0.3, -0.25) is 0 Å². The number of rotatable bonds is 8. The van der Waals surface area contributed by atoms with E-state index in [0.29, 0.717) is 12.2 Å². The molecule has 138 valence electrons. The fourth-order valence-electron chi connectivity index (χ4n) is 2.54. The van der Waals surface area contributed by atoms with Gasteiger partial charge in [0, 0.05) is 11.4 Å². The van der Waals surface area contributed by atoms with Crippen molar-refractivity contribution in [3.63, 3.8) is 0 Å². The maximum Gasteiger partial charge on any atom is 0.247 e. The summed E-state index contributed by atoms with van der Waals surface area (Å²) in [5.74, 6) is -0.0253. The van der Waals surface area contributed by atoms with Crippen LogP contribution in [-0.2, 0) is 23.0 Å². The van der Waals surface area contributed by atoms with Crippen LogP contribution < -0.4 is 4.74 Å². The predicted octanol–water partition coefficient (Wildman–Crippen LogP) is 3.92. The summed E-state index contributed by atoms with van der Waals surface area (Å²) in [6, 6.07) is 10.7. The second-order valence-electron chi connectivity index (χ2n) is 5.54. The molecule has 0 aliphatic carbocycles. The third-order valence-electron chi connectivity index (χ3n) is 3.84. The molecular formula is C18H18FNO4S2. The number of benzene rings is 1. The van der Waals surface area contributed by atoms with Gasteiger partial charge in [0.2, 0.25) is 10.0 Å². The van der Waals surface area contributed by atoms with Crippen molar-refractivity contribution < 1.29 is 22.0 Å². The van der Waals surface area contributed by atoms with E-state index in [0.717, 1.165) is 10.9 Å². The normalized spacial score (nSPS) is 11.8. The molecule has 0 amide bonds. The average Bonchev–Trinajstić information content (AvgIpc) is 3.32. The summed E-state index contributed by atoms with van der Waals surface area (Å²) in [7, 11) is -2.63. The largest absolute Gasteiger partial charge is 0.495 e. The quantitative estimate of drug-likeness (QED) is 0.580. The fourth-order valence-corrected chi connectivity index (χ4v) is 4.81. The zero-order valence-electron chi connectivity index (χ0n) is 14.1. The molecule has 0 N–H and O–H groups in total. The molecule has 0 saturated carbocycles. The topological polar surface area (TPSA) is 59.8 Å². The highest BCUT2D eigenvalue weighted by molar-refractivity contribution is 7.89. The first-order valence-corrected chi connectivity index (χ1v) is 10.2. The van der Waals surface area contributed by atoms with Gasteiger partial charge in [-0.15, -0.1) is 11.3 Å². The summed E-state index contributed by atoms with van der Waals surface area (Å²) in [5.41, 5.74) is 0. The van der Waals surface area contributed by atoms with Gasteiger partial charge in [0.1, 0.15) is 22.2 Å². The number of hydrogen-bond donors (Lipinski definition) is 0. The Morgan fingerprint density at radius 1 is 1.23 bits per heavy atom. The molecule has 0 fully saturated rings. The molecule has 3 aromatic rings. The Balaban J connectivity index is 1.94. The van der Waals surface area contributed by atoms with E-state index in [9.17, 15) is 12.8 Å². The molecule has 0 atom stereocenters. The maximum atomic E-state index is 13.7. The van der Waals surface area contributed by atoms with Crippen molar-refractivity contribution in [1.82, 2.24) is 4.31 Å². The molecule has 0 unspecified atom stereocenters. The molecule has 2 aromatic heterocycles. The molecule has 0 spiro atoms. The van der Waals surface area contributed by atoms with E-state index >= 15 is 0 Å². The highest BCUT2D eigenvalue weighted by Gasteiger charge is 2.29. The second kappa shape index (κ2) is 8.03. The Kier molecular flexibility index (Phi) is 5.75. The van der Waals surface area contributed by atoms with E-state index < -0.39 is 15.8 Å². The fraction of sp³-hybridized carbons (Fsp3) is 0.222. The summed E-state index contributed by atoms with van der Waals surface area (Å²) in [5, 5.41) is 1.94. The van der Waals surface area contributed by atoms with Crippen LogP contribution in [0.3, 0.4) is 0 Å². The minimum atomic E-state index is -3.98. The van der Waals surface area contributed by atoms with Crippen LogP contribution in [0.1, 0.15) is 10.6 Å². The van der Waals surface area contributed by atoms with Gasteiger partial charge < -0.3 is 9.15 Å². The number of nitrogens with zero attached hydrogens (tertiary/aromatic N) is 1. The number of methoxy groups -OCH3 is 1. The smallest absolute Gasteiger partial charge is 0.247 e. The standard InChI is InChI=1S/C18H18FNO4S2/c1-23-17-7-6-14(19)12-18(17)26(21,22)20(13-15-4-2-10-24-15)9-8-16-5-3-11-25-16/h2-7,10-12H,8-9,13H2,1H3. The lowest BCUT2D eigenvalue weighted by Crippen LogP contribution is -2.32. The summed E-state index contributed by atoms with van der Waals surface area (Å²) < 4.78 is 51.8. The molecule has 26 heavy (non-hydrogen) atoms. The summed E-state index contributed by atoms with van der Waals surface area (Å²) >= 11 is 1.56.